The first kappa shape index (κ1) is 16.7. The molecular formula is C20H24N2O2. The number of carbonyl (C=O) groups is 1. The number of carbonyl (C=O) groups excluding carboxylic acids is 1. The third-order valence-corrected chi connectivity index (χ3v) is 4.71. The molecule has 0 radical (unpaired) electrons. The molecule has 0 spiro atoms. The number of ether oxygens (including phenoxy) is 1. The molecule has 1 fully saturated rings. The van der Waals surface area contributed by atoms with E-state index in [1.807, 2.05) is 6.92 Å². The van der Waals surface area contributed by atoms with E-state index >= 15 is 0 Å². The first-order chi connectivity index (χ1) is 11.8. The van der Waals surface area contributed by atoms with Crippen molar-refractivity contribution >= 4 is 6.47 Å². The molecule has 1 heterocycles. The molecule has 2 aromatic carbocycles. The van der Waals surface area contributed by atoms with Crippen LogP contribution in [0.3, 0.4) is 0 Å². The molecule has 0 aromatic heterocycles. The van der Waals surface area contributed by atoms with Crippen molar-refractivity contribution in [2.75, 3.05) is 26.2 Å². The Bertz CT molecular complexity index is 585. The van der Waals surface area contributed by atoms with Crippen LogP contribution in [0, 0.1) is 0 Å². The second-order valence-electron chi connectivity index (χ2n) is 6.13. The van der Waals surface area contributed by atoms with E-state index in [1.165, 1.54) is 11.1 Å². The summed E-state index contributed by atoms with van der Waals surface area (Å²) in [6, 6.07) is 21.6. The van der Waals surface area contributed by atoms with E-state index in [0.717, 1.165) is 26.2 Å². The lowest BCUT2D eigenvalue weighted by Gasteiger charge is -2.41. The van der Waals surface area contributed by atoms with Crippen molar-refractivity contribution in [3.05, 3.63) is 71.8 Å². The van der Waals surface area contributed by atoms with Gasteiger partial charge in [0.25, 0.3) is 6.47 Å². The van der Waals surface area contributed by atoms with Gasteiger partial charge in [0.05, 0.1) is 6.04 Å². The molecule has 0 saturated carbocycles. The van der Waals surface area contributed by atoms with E-state index < -0.39 is 0 Å². The first-order valence-corrected chi connectivity index (χ1v) is 8.46. The summed E-state index contributed by atoms with van der Waals surface area (Å²) < 4.78 is 5.07. The number of benzene rings is 2. The van der Waals surface area contributed by atoms with Gasteiger partial charge in [-0.05, 0) is 18.1 Å². The van der Waals surface area contributed by atoms with Gasteiger partial charge in [-0.25, -0.2) is 0 Å². The summed E-state index contributed by atoms with van der Waals surface area (Å²) in [5.74, 6) is 0. The Kier molecular flexibility index (Phi) is 5.62. The van der Waals surface area contributed by atoms with Crippen LogP contribution in [0.25, 0.3) is 0 Å². The molecule has 1 atom stereocenters. The number of hydrogen-bond acceptors (Lipinski definition) is 4. The van der Waals surface area contributed by atoms with Crippen molar-refractivity contribution in [2.45, 2.75) is 19.2 Å². The van der Waals surface area contributed by atoms with Crippen molar-refractivity contribution in [2.24, 2.45) is 0 Å². The molecule has 4 heteroatoms. The Morgan fingerprint density at radius 3 is 1.75 bits per heavy atom. The van der Waals surface area contributed by atoms with Gasteiger partial charge in [0.1, 0.15) is 0 Å². The zero-order valence-electron chi connectivity index (χ0n) is 14.0. The minimum atomic E-state index is -0.156. The lowest BCUT2D eigenvalue weighted by Crippen LogP contribution is -2.51. The second-order valence-corrected chi connectivity index (χ2v) is 6.13. The van der Waals surface area contributed by atoms with Crippen LogP contribution in [0.1, 0.15) is 24.1 Å². The molecule has 126 valence electrons. The van der Waals surface area contributed by atoms with Gasteiger partial charge in [-0.3, -0.25) is 14.6 Å². The van der Waals surface area contributed by atoms with E-state index in [9.17, 15) is 4.79 Å². The highest BCUT2D eigenvalue weighted by Crippen LogP contribution is 2.29. The molecule has 1 unspecified atom stereocenters. The highest BCUT2D eigenvalue weighted by molar-refractivity contribution is 5.37. The largest absolute Gasteiger partial charge is 0.449 e. The van der Waals surface area contributed by atoms with E-state index in [0.29, 0.717) is 6.47 Å². The zero-order chi connectivity index (χ0) is 16.8. The number of piperazine rings is 1. The van der Waals surface area contributed by atoms with Crippen LogP contribution in [-0.4, -0.2) is 48.7 Å². The van der Waals surface area contributed by atoms with Gasteiger partial charge >= 0.3 is 0 Å². The third-order valence-electron chi connectivity index (χ3n) is 4.71. The minimum Gasteiger partial charge on any atom is -0.449 e. The summed E-state index contributed by atoms with van der Waals surface area (Å²) in [7, 11) is 0. The highest BCUT2D eigenvalue weighted by Gasteiger charge is 2.28. The summed E-state index contributed by atoms with van der Waals surface area (Å²) in [6.07, 6.45) is -0.156. The predicted molar refractivity (Wildman–Crippen MR) is 94.5 cm³/mol. The summed E-state index contributed by atoms with van der Waals surface area (Å²) in [5.41, 5.74) is 2.63. The molecule has 3 rings (SSSR count). The third kappa shape index (κ3) is 3.83. The van der Waals surface area contributed by atoms with Gasteiger partial charge in [0.2, 0.25) is 0 Å². The lowest BCUT2D eigenvalue weighted by molar-refractivity contribution is -0.143. The van der Waals surface area contributed by atoms with Crippen LogP contribution in [0.4, 0.5) is 0 Å². The maximum absolute atomic E-state index is 10.5. The fraction of sp³-hybridized carbons (Fsp3) is 0.350. The van der Waals surface area contributed by atoms with Crippen LogP contribution in [0.2, 0.25) is 0 Å². The van der Waals surface area contributed by atoms with Gasteiger partial charge in [-0.15, -0.1) is 0 Å². The molecule has 1 aliphatic heterocycles. The van der Waals surface area contributed by atoms with E-state index in [2.05, 4.69) is 70.5 Å². The first-order valence-electron chi connectivity index (χ1n) is 8.46. The van der Waals surface area contributed by atoms with E-state index in [4.69, 9.17) is 4.74 Å². The van der Waals surface area contributed by atoms with Gasteiger partial charge in [-0.2, -0.15) is 0 Å². The van der Waals surface area contributed by atoms with Crippen molar-refractivity contribution in [1.82, 2.24) is 9.80 Å². The van der Waals surface area contributed by atoms with Gasteiger partial charge in [-0.1, -0.05) is 60.7 Å². The molecular weight excluding hydrogens is 300 g/mol. The predicted octanol–water partition coefficient (Wildman–Crippen LogP) is 2.91. The fourth-order valence-corrected chi connectivity index (χ4v) is 3.41. The maximum atomic E-state index is 10.5. The molecule has 4 nitrogen and oxygen atoms in total. The van der Waals surface area contributed by atoms with E-state index in [1.54, 1.807) is 0 Å². The SMILES string of the molecule is CC(OC=O)N1CCN(C(c2ccccc2)c2ccccc2)CC1. The molecule has 0 amide bonds. The number of hydrogen-bond donors (Lipinski definition) is 0. The van der Waals surface area contributed by atoms with Gasteiger partial charge in [0, 0.05) is 26.2 Å². The fourth-order valence-electron chi connectivity index (χ4n) is 3.41. The van der Waals surface area contributed by atoms with Crippen LogP contribution < -0.4 is 0 Å². The van der Waals surface area contributed by atoms with Crippen LogP contribution in [-0.2, 0) is 9.53 Å². The normalized spacial score (nSPS) is 17.6. The maximum Gasteiger partial charge on any atom is 0.294 e. The summed E-state index contributed by atoms with van der Waals surface area (Å²) in [6.45, 7) is 6.14. The summed E-state index contributed by atoms with van der Waals surface area (Å²) >= 11 is 0. The number of rotatable bonds is 6. The minimum absolute atomic E-state index is 0.156. The van der Waals surface area contributed by atoms with Crippen LogP contribution in [0.5, 0.6) is 0 Å². The molecule has 2 aromatic rings. The van der Waals surface area contributed by atoms with Gasteiger partial charge in [0.15, 0.2) is 6.23 Å². The topological polar surface area (TPSA) is 32.8 Å². The van der Waals surface area contributed by atoms with Crippen LogP contribution >= 0.6 is 0 Å². The molecule has 24 heavy (non-hydrogen) atoms. The van der Waals surface area contributed by atoms with Crippen molar-refractivity contribution in [3.8, 4) is 0 Å². The molecule has 0 N–H and O–H groups in total. The molecule has 0 aliphatic carbocycles. The van der Waals surface area contributed by atoms with Crippen molar-refractivity contribution in [1.29, 1.82) is 0 Å². The average Bonchev–Trinajstić information content (AvgIpc) is 2.64. The Morgan fingerprint density at radius 2 is 1.29 bits per heavy atom. The Morgan fingerprint density at radius 1 is 0.833 bits per heavy atom. The van der Waals surface area contributed by atoms with Gasteiger partial charge < -0.3 is 4.74 Å². The lowest BCUT2D eigenvalue weighted by atomic mass is 9.96. The molecule has 0 bridgehead atoms. The monoisotopic (exact) mass is 324 g/mol. The standard InChI is InChI=1S/C20H24N2O2/c1-17(24-16-23)21-12-14-22(15-13-21)20(18-8-4-2-5-9-18)19-10-6-3-7-11-19/h2-11,16-17,20H,12-15H2,1H3. The smallest absolute Gasteiger partial charge is 0.294 e. The molecule has 1 saturated heterocycles. The van der Waals surface area contributed by atoms with E-state index in [-0.39, 0.29) is 12.3 Å². The Labute approximate surface area is 143 Å². The Hall–Kier alpha value is -2.17. The quantitative estimate of drug-likeness (QED) is 0.765. The van der Waals surface area contributed by atoms with Crippen molar-refractivity contribution in [3.63, 3.8) is 0 Å². The number of nitrogens with zero attached hydrogens (tertiary/aromatic N) is 2. The van der Waals surface area contributed by atoms with Crippen LogP contribution in [0.15, 0.2) is 60.7 Å². The Balaban J connectivity index is 1.77. The second kappa shape index (κ2) is 8.08. The van der Waals surface area contributed by atoms with Crippen molar-refractivity contribution < 1.29 is 9.53 Å². The summed E-state index contributed by atoms with van der Waals surface area (Å²) in [5, 5.41) is 0. The highest BCUT2D eigenvalue weighted by atomic mass is 16.5. The molecule has 1 aliphatic rings. The summed E-state index contributed by atoms with van der Waals surface area (Å²) in [4.78, 5) is 15.3. The zero-order valence-corrected chi connectivity index (χ0v) is 14.0. The average molecular weight is 324 g/mol.